The van der Waals surface area contributed by atoms with E-state index < -0.39 is 28.1 Å². The normalized spacial score (nSPS) is 10.1. The van der Waals surface area contributed by atoms with Gasteiger partial charge in [0.05, 0.1) is 22.2 Å². The zero-order valence-corrected chi connectivity index (χ0v) is 10.4. The van der Waals surface area contributed by atoms with Crippen LogP contribution >= 0.6 is 0 Å². The van der Waals surface area contributed by atoms with Gasteiger partial charge >= 0.3 is 0 Å². The summed E-state index contributed by atoms with van der Waals surface area (Å²) in [4.78, 5) is 21.7. The summed E-state index contributed by atoms with van der Waals surface area (Å²) in [7, 11) is 0. The van der Waals surface area contributed by atoms with Crippen molar-refractivity contribution in [2.75, 3.05) is 5.32 Å². The molecule has 0 atom stereocenters. The van der Waals surface area contributed by atoms with Crippen LogP contribution in [0.5, 0.6) is 11.5 Å². The number of halogens is 1. The molecule has 0 aliphatic rings. The molecule has 1 amide bonds. The van der Waals surface area contributed by atoms with Crippen LogP contribution in [0.25, 0.3) is 0 Å². The van der Waals surface area contributed by atoms with E-state index in [1.165, 1.54) is 0 Å². The van der Waals surface area contributed by atoms with Crippen molar-refractivity contribution in [3.05, 3.63) is 57.9 Å². The smallest absolute Gasteiger partial charge is 0.273 e. The van der Waals surface area contributed by atoms with E-state index in [1.54, 1.807) is 0 Å². The lowest BCUT2D eigenvalue weighted by molar-refractivity contribution is -0.384. The first-order valence-corrected chi connectivity index (χ1v) is 5.66. The van der Waals surface area contributed by atoms with Crippen LogP contribution in [0.1, 0.15) is 10.4 Å². The zero-order valence-electron chi connectivity index (χ0n) is 10.4. The maximum absolute atomic E-state index is 12.8. The SMILES string of the molecule is O=C(Nc1ccc([N+](=O)[O-])cc1O)c1ccc(F)cc1O. The first-order valence-electron chi connectivity index (χ1n) is 5.66. The van der Waals surface area contributed by atoms with Gasteiger partial charge < -0.3 is 15.5 Å². The Balaban J connectivity index is 2.25. The van der Waals surface area contributed by atoms with Crippen molar-refractivity contribution in [3.63, 3.8) is 0 Å². The summed E-state index contributed by atoms with van der Waals surface area (Å²) in [5.74, 6) is -2.56. The Hall–Kier alpha value is -3.16. The van der Waals surface area contributed by atoms with Crippen LogP contribution in [0, 0.1) is 15.9 Å². The van der Waals surface area contributed by atoms with Crippen molar-refractivity contribution in [2.45, 2.75) is 0 Å². The highest BCUT2D eigenvalue weighted by atomic mass is 19.1. The lowest BCUT2D eigenvalue weighted by Gasteiger charge is -2.08. The molecule has 108 valence electrons. The van der Waals surface area contributed by atoms with Crippen LogP contribution in [-0.2, 0) is 0 Å². The zero-order chi connectivity index (χ0) is 15.6. The number of carbonyl (C=O) groups excluding carboxylic acids is 1. The largest absolute Gasteiger partial charge is 0.507 e. The van der Waals surface area contributed by atoms with Crippen molar-refractivity contribution in [1.29, 1.82) is 0 Å². The number of amides is 1. The number of rotatable bonds is 3. The van der Waals surface area contributed by atoms with Gasteiger partial charge in [0.25, 0.3) is 11.6 Å². The van der Waals surface area contributed by atoms with Crippen LogP contribution in [0.4, 0.5) is 15.8 Å². The average Bonchev–Trinajstić information content (AvgIpc) is 2.40. The maximum Gasteiger partial charge on any atom is 0.273 e. The van der Waals surface area contributed by atoms with E-state index in [1.807, 2.05) is 0 Å². The highest BCUT2D eigenvalue weighted by molar-refractivity contribution is 6.06. The minimum absolute atomic E-state index is 0.0747. The van der Waals surface area contributed by atoms with Crippen molar-refractivity contribution < 1.29 is 24.3 Å². The number of carbonyl (C=O) groups is 1. The van der Waals surface area contributed by atoms with Crippen LogP contribution < -0.4 is 5.32 Å². The molecule has 0 radical (unpaired) electrons. The third-order valence-corrected chi connectivity index (χ3v) is 2.64. The molecule has 0 unspecified atom stereocenters. The van der Waals surface area contributed by atoms with Crippen molar-refractivity contribution >= 4 is 17.3 Å². The number of aromatic hydroxyl groups is 2. The van der Waals surface area contributed by atoms with E-state index in [9.17, 15) is 29.5 Å². The third-order valence-electron chi connectivity index (χ3n) is 2.64. The van der Waals surface area contributed by atoms with Crippen molar-refractivity contribution in [3.8, 4) is 11.5 Å². The second kappa shape index (κ2) is 5.45. The van der Waals surface area contributed by atoms with Crippen LogP contribution in [0.15, 0.2) is 36.4 Å². The van der Waals surface area contributed by atoms with Gasteiger partial charge in [-0.25, -0.2) is 4.39 Å². The second-order valence-electron chi connectivity index (χ2n) is 4.07. The molecule has 2 aromatic rings. The predicted octanol–water partition coefficient (Wildman–Crippen LogP) is 2.40. The van der Waals surface area contributed by atoms with Crippen molar-refractivity contribution in [1.82, 2.24) is 0 Å². The second-order valence-corrected chi connectivity index (χ2v) is 4.07. The van der Waals surface area contributed by atoms with Gasteiger partial charge in [-0.05, 0) is 18.2 Å². The Morgan fingerprint density at radius 1 is 1.14 bits per heavy atom. The summed E-state index contributed by atoms with van der Waals surface area (Å²) < 4.78 is 12.8. The molecule has 3 N–H and O–H groups in total. The number of nitrogens with zero attached hydrogens (tertiary/aromatic N) is 1. The van der Waals surface area contributed by atoms with Gasteiger partial charge in [0.2, 0.25) is 0 Å². The van der Waals surface area contributed by atoms with Gasteiger partial charge in [-0.15, -0.1) is 0 Å². The van der Waals surface area contributed by atoms with Gasteiger partial charge in [0.15, 0.2) is 0 Å². The Kier molecular flexibility index (Phi) is 3.70. The average molecular weight is 292 g/mol. The van der Waals surface area contributed by atoms with Crippen LogP contribution in [0.3, 0.4) is 0 Å². The van der Waals surface area contributed by atoms with Gasteiger partial charge in [-0.2, -0.15) is 0 Å². The third kappa shape index (κ3) is 3.06. The van der Waals surface area contributed by atoms with E-state index in [0.717, 1.165) is 36.4 Å². The fourth-order valence-corrected chi connectivity index (χ4v) is 1.63. The first kappa shape index (κ1) is 14.3. The minimum atomic E-state index is -0.795. The molecule has 8 heteroatoms. The molecule has 0 aliphatic carbocycles. The molecule has 0 saturated carbocycles. The molecule has 0 bridgehead atoms. The molecule has 0 aromatic heterocycles. The maximum atomic E-state index is 12.8. The summed E-state index contributed by atoms with van der Waals surface area (Å²) in [6.45, 7) is 0. The monoisotopic (exact) mass is 292 g/mol. The molecule has 0 heterocycles. The Bertz CT molecular complexity index is 732. The Morgan fingerprint density at radius 2 is 1.86 bits per heavy atom. The lowest BCUT2D eigenvalue weighted by Crippen LogP contribution is -2.12. The summed E-state index contributed by atoms with van der Waals surface area (Å²) in [5, 5.41) is 31.9. The molecule has 2 aromatic carbocycles. The lowest BCUT2D eigenvalue weighted by atomic mass is 10.1. The standard InChI is InChI=1S/C13H9FN2O5/c14-7-1-3-9(11(17)5-7)13(19)15-10-4-2-8(16(20)21)6-12(10)18/h1-6,17-18H,(H,15,19). The summed E-state index contributed by atoms with van der Waals surface area (Å²) in [6, 6.07) is 5.95. The fourth-order valence-electron chi connectivity index (χ4n) is 1.63. The van der Waals surface area contributed by atoms with Gasteiger partial charge in [0.1, 0.15) is 17.3 Å². The van der Waals surface area contributed by atoms with Gasteiger partial charge in [-0.1, -0.05) is 0 Å². The Morgan fingerprint density at radius 3 is 2.43 bits per heavy atom. The molecule has 0 saturated heterocycles. The van der Waals surface area contributed by atoms with Crippen LogP contribution in [-0.4, -0.2) is 21.0 Å². The molecule has 0 aliphatic heterocycles. The predicted molar refractivity (Wildman–Crippen MR) is 70.8 cm³/mol. The number of nitrogens with one attached hydrogen (secondary N) is 1. The number of phenolic OH excluding ortho intramolecular Hbond substituents is 2. The minimum Gasteiger partial charge on any atom is -0.507 e. The Labute approximate surface area is 117 Å². The number of benzene rings is 2. The highest BCUT2D eigenvalue weighted by Crippen LogP contribution is 2.29. The number of nitro benzene ring substituents is 1. The van der Waals surface area contributed by atoms with Crippen molar-refractivity contribution in [2.24, 2.45) is 0 Å². The highest BCUT2D eigenvalue weighted by Gasteiger charge is 2.15. The summed E-state index contributed by atoms with van der Waals surface area (Å²) >= 11 is 0. The van der Waals surface area contributed by atoms with Gasteiger partial charge in [-0.3, -0.25) is 14.9 Å². The first-order chi connectivity index (χ1) is 9.88. The number of hydrogen-bond donors (Lipinski definition) is 3. The molecule has 21 heavy (non-hydrogen) atoms. The summed E-state index contributed by atoms with van der Waals surface area (Å²) in [5.41, 5.74) is -0.612. The fraction of sp³-hybridized carbons (Fsp3) is 0. The molecule has 0 fully saturated rings. The molecular weight excluding hydrogens is 283 g/mol. The van der Waals surface area contributed by atoms with E-state index in [-0.39, 0.29) is 16.9 Å². The quantitative estimate of drug-likeness (QED) is 0.456. The van der Waals surface area contributed by atoms with E-state index >= 15 is 0 Å². The van der Waals surface area contributed by atoms with Gasteiger partial charge in [0, 0.05) is 12.1 Å². The summed E-state index contributed by atoms with van der Waals surface area (Å²) in [6.07, 6.45) is 0. The molecule has 0 spiro atoms. The van der Waals surface area contributed by atoms with E-state index in [0.29, 0.717) is 0 Å². The number of non-ortho nitro benzene ring substituents is 1. The topological polar surface area (TPSA) is 113 Å². The number of nitro groups is 1. The number of hydrogen-bond acceptors (Lipinski definition) is 5. The molecular formula is C13H9FN2O5. The van der Waals surface area contributed by atoms with E-state index in [2.05, 4.69) is 5.32 Å². The van der Waals surface area contributed by atoms with Crippen LogP contribution in [0.2, 0.25) is 0 Å². The van der Waals surface area contributed by atoms with E-state index in [4.69, 9.17) is 0 Å². The molecule has 2 rings (SSSR count). The molecule has 7 nitrogen and oxygen atoms in total. The number of phenols is 2. The number of anilines is 1.